The molecule has 3 rings (SSSR count). The van der Waals surface area contributed by atoms with Crippen LogP contribution in [0.1, 0.15) is 24.8 Å². The molecule has 2 saturated heterocycles. The molecule has 132 valence electrons. The van der Waals surface area contributed by atoms with Gasteiger partial charge >= 0.3 is 0 Å². The number of hydrogen-bond acceptors (Lipinski definition) is 5. The number of nitrogens with one attached hydrogen (secondary N) is 1. The summed E-state index contributed by atoms with van der Waals surface area (Å²) < 4.78 is 16.1. The normalized spacial score (nSPS) is 22.9. The Bertz CT molecular complexity index is 566. The Labute approximate surface area is 143 Å². The summed E-state index contributed by atoms with van der Waals surface area (Å²) in [5, 5.41) is 3.43. The van der Waals surface area contributed by atoms with Crippen LogP contribution in [0.5, 0.6) is 17.2 Å². The van der Waals surface area contributed by atoms with Crippen molar-refractivity contribution < 1.29 is 19.0 Å². The fourth-order valence-corrected chi connectivity index (χ4v) is 3.89. The van der Waals surface area contributed by atoms with Crippen molar-refractivity contribution in [2.75, 3.05) is 34.4 Å². The minimum absolute atomic E-state index is 0.181. The first-order chi connectivity index (χ1) is 11.7. The second-order valence-electron chi connectivity index (χ2n) is 6.39. The van der Waals surface area contributed by atoms with Gasteiger partial charge in [0, 0.05) is 18.6 Å². The van der Waals surface area contributed by atoms with Gasteiger partial charge in [0.05, 0.1) is 27.8 Å². The van der Waals surface area contributed by atoms with E-state index in [9.17, 15) is 4.79 Å². The fraction of sp³-hybridized carbons (Fsp3) is 0.611. The predicted molar refractivity (Wildman–Crippen MR) is 90.9 cm³/mol. The highest BCUT2D eigenvalue weighted by atomic mass is 16.5. The van der Waals surface area contributed by atoms with Gasteiger partial charge in [-0.15, -0.1) is 0 Å². The van der Waals surface area contributed by atoms with Crippen molar-refractivity contribution in [2.45, 2.75) is 37.8 Å². The van der Waals surface area contributed by atoms with E-state index in [0.29, 0.717) is 35.8 Å². The van der Waals surface area contributed by atoms with Gasteiger partial charge in [-0.2, -0.15) is 0 Å². The first kappa shape index (κ1) is 16.9. The van der Waals surface area contributed by atoms with Crippen molar-refractivity contribution in [3.63, 3.8) is 0 Å². The average molecular weight is 334 g/mol. The van der Waals surface area contributed by atoms with Gasteiger partial charge in [0.1, 0.15) is 0 Å². The number of carbonyl (C=O) groups is 1. The van der Waals surface area contributed by atoms with Crippen LogP contribution >= 0.6 is 0 Å². The molecule has 1 amide bonds. The SMILES string of the molecule is COc1cc(CC(=O)N2C3CCNCC2CC3)cc(OC)c1OC. The van der Waals surface area contributed by atoms with E-state index in [1.54, 1.807) is 21.3 Å². The highest BCUT2D eigenvalue weighted by molar-refractivity contribution is 5.80. The molecule has 0 spiro atoms. The van der Waals surface area contributed by atoms with Gasteiger partial charge in [0.15, 0.2) is 11.5 Å². The van der Waals surface area contributed by atoms with Crippen LogP contribution in [0, 0.1) is 0 Å². The van der Waals surface area contributed by atoms with Crippen molar-refractivity contribution in [3.8, 4) is 17.2 Å². The summed E-state index contributed by atoms with van der Waals surface area (Å²) in [5.41, 5.74) is 0.881. The highest BCUT2D eigenvalue weighted by Gasteiger charge is 2.37. The summed E-state index contributed by atoms with van der Waals surface area (Å²) in [7, 11) is 4.75. The van der Waals surface area contributed by atoms with Crippen LogP contribution in [0.2, 0.25) is 0 Å². The summed E-state index contributed by atoms with van der Waals surface area (Å²) in [4.78, 5) is 15.0. The second-order valence-corrected chi connectivity index (χ2v) is 6.39. The zero-order chi connectivity index (χ0) is 17.1. The summed E-state index contributed by atoms with van der Waals surface area (Å²) in [6.07, 6.45) is 3.60. The Balaban J connectivity index is 1.81. The van der Waals surface area contributed by atoms with Crippen LogP contribution in [-0.4, -0.2) is 57.3 Å². The maximum Gasteiger partial charge on any atom is 0.227 e. The molecule has 2 heterocycles. The van der Waals surface area contributed by atoms with E-state index in [-0.39, 0.29) is 5.91 Å². The maximum absolute atomic E-state index is 12.9. The Morgan fingerprint density at radius 2 is 1.75 bits per heavy atom. The van der Waals surface area contributed by atoms with Gasteiger partial charge in [-0.25, -0.2) is 0 Å². The number of carbonyl (C=O) groups excluding carboxylic acids is 1. The van der Waals surface area contributed by atoms with Crippen molar-refractivity contribution >= 4 is 5.91 Å². The molecule has 2 atom stereocenters. The van der Waals surface area contributed by atoms with Gasteiger partial charge in [0.2, 0.25) is 11.7 Å². The van der Waals surface area contributed by atoms with E-state index in [1.807, 2.05) is 12.1 Å². The minimum atomic E-state index is 0.181. The van der Waals surface area contributed by atoms with E-state index >= 15 is 0 Å². The topological polar surface area (TPSA) is 60.0 Å². The lowest BCUT2D eigenvalue weighted by Gasteiger charge is -2.28. The zero-order valence-electron chi connectivity index (χ0n) is 14.6. The molecule has 2 aliphatic heterocycles. The van der Waals surface area contributed by atoms with Crippen molar-refractivity contribution in [1.82, 2.24) is 10.2 Å². The summed E-state index contributed by atoms with van der Waals surface area (Å²) in [5.74, 6) is 1.90. The zero-order valence-corrected chi connectivity index (χ0v) is 14.6. The molecule has 0 saturated carbocycles. The number of hydrogen-bond donors (Lipinski definition) is 1. The van der Waals surface area contributed by atoms with Gasteiger partial charge in [-0.05, 0) is 43.5 Å². The molecule has 0 aromatic heterocycles. The van der Waals surface area contributed by atoms with Crippen LogP contribution in [-0.2, 0) is 11.2 Å². The molecule has 6 heteroatoms. The molecule has 2 aliphatic rings. The molecule has 1 aromatic carbocycles. The molecule has 2 bridgehead atoms. The van der Waals surface area contributed by atoms with Gasteiger partial charge in [0.25, 0.3) is 0 Å². The maximum atomic E-state index is 12.9. The first-order valence-corrected chi connectivity index (χ1v) is 8.48. The van der Waals surface area contributed by atoms with Crippen LogP contribution < -0.4 is 19.5 Å². The number of amides is 1. The molecule has 1 N–H and O–H groups in total. The number of fused-ring (bicyclic) bond motifs is 2. The van der Waals surface area contributed by atoms with E-state index in [0.717, 1.165) is 37.9 Å². The Morgan fingerprint density at radius 3 is 2.38 bits per heavy atom. The Morgan fingerprint density at radius 1 is 1.08 bits per heavy atom. The molecule has 2 unspecified atom stereocenters. The molecular formula is C18H26N2O4. The summed E-state index contributed by atoms with van der Waals surface area (Å²) in [6, 6.07) is 4.42. The van der Waals surface area contributed by atoms with Crippen LogP contribution in [0.4, 0.5) is 0 Å². The molecular weight excluding hydrogens is 308 g/mol. The summed E-state index contributed by atoms with van der Waals surface area (Å²) in [6.45, 7) is 1.90. The van der Waals surface area contributed by atoms with Crippen molar-refractivity contribution in [2.24, 2.45) is 0 Å². The lowest BCUT2D eigenvalue weighted by atomic mass is 10.1. The molecule has 6 nitrogen and oxygen atoms in total. The quantitative estimate of drug-likeness (QED) is 0.886. The third-order valence-electron chi connectivity index (χ3n) is 5.02. The van der Waals surface area contributed by atoms with Gasteiger partial charge < -0.3 is 24.4 Å². The third-order valence-corrected chi connectivity index (χ3v) is 5.02. The molecule has 2 fully saturated rings. The minimum Gasteiger partial charge on any atom is -0.493 e. The Hall–Kier alpha value is -1.95. The second kappa shape index (κ2) is 7.30. The Kier molecular flexibility index (Phi) is 5.14. The van der Waals surface area contributed by atoms with E-state index in [2.05, 4.69) is 10.2 Å². The monoisotopic (exact) mass is 334 g/mol. The number of nitrogens with zero attached hydrogens (tertiary/aromatic N) is 1. The number of benzene rings is 1. The smallest absolute Gasteiger partial charge is 0.227 e. The van der Waals surface area contributed by atoms with Crippen LogP contribution in [0.3, 0.4) is 0 Å². The van der Waals surface area contributed by atoms with E-state index in [1.165, 1.54) is 0 Å². The first-order valence-electron chi connectivity index (χ1n) is 8.48. The number of ether oxygens (including phenoxy) is 3. The molecule has 1 aromatic rings. The van der Waals surface area contributed by atoms with Gasteiger partial charge in [-0.3, -0.25) is 4.79 Å². The number of rotatable bonds is 5. The molecule has 0 radical (unpaired) electrons. The highest BCUT2D eigenvalue weighted by Crippen LogP contribution is 2.38. The van der Waals surface area contributed by atoms with E-state index < -0.39 is 0 Å². The molecule has 24 heavy (non-hydrogen) atoms. The van der Waals surface area contributed by atoms with Crippen LogP contribution in [0.15, 0.2) is 12.1 Å². The summed E-state index contributed by atoms with van der Waals surface area (Å²) >= 11 is 0. The van der Waals surface area contributed by atoms with E-state index in [4.69, 9.17) is 14.2 Å². The lowest BCUT2D eigenvalue weighted by Crippen LogP contribution is -2.43. The fourth-order valence-electron chi connectivity index (χ4n) is 3.89. The standard InChI is InChI=1S/C18H26N2O4/c1-22-15-8-12(9-16(23-2)18(15)24-3)10-17(21)20-13-4-5-14(20)11-19-7-6-13/h8-9,13-14,19H,4-7,10-11H2,1-3H3. The average Bonchev–Trinajstić information content (AvgIpc) is 2.86. The lowest BCUT2D eigenvalue weighted by molar-refractivity contribution is -0.133. The van der Waals surface area contributed by atoms with Crippen molar-refractivity contribution in [3.05, 3.63) is 17.7 Å². The van der Waals surface area contributed by atoms with Gasteiger partial charge in [-0.1, -0.05) is 0 Å². The predicted octanol–water partition coefficient (Wildman–Crippen LogP) is 1.61. The largest absolute Gasteiger partial charge is 0.493 e. The third kappa shape index (κ3) is 3.15. The van der Waals surface area contributed by atoms with Crippen LogP contribution in [0.25, 0.3) is 0 Å². The number of methoxy groups -OCH3 is 3. The molecule has 0 aliphatic carbocycles. The van der Waals surface area contributed by atoms with Crippen molar-refractivity contribution in [1.29, 1.82) is 0 Å².